The van der Waals surface area contributed by atoms with Gasteiger partial charge in [-0.1, -0.05) is 36.4 Å². The molecule has 1 heterocycles. The van der Waals surface area contributed by atoms with Crippen LogP contribution in [0.3, 0.4) is 0 Å². The molecule has 0 aliphatic heterocycles. The van der Waals surface area contributed by atoms with Gasteiger partial charge in [-0.2, -0.15) is 5.10 Å². The van der Waals surface area contributed by atoms with Crippen molar-refractivity contribution in [3.05, 3.63) is 71.2 Å². The lowest BCUT2D eigenvalue weighted by atomic mass is 10.1. The third kappa shape index (κ3) is 3.02. The van der Waals surface area contributed by atoms with Crippen LogP contribution in [0.25, 0.3) is 21.0 Å². The van der Waals surface area contributed by atoms with Crippen LogP contribution in [0.2, 0.25) is 0 Å². The quantitative estimate of drug-likeness (QED) is 0.422. The van der Waals surface area contributed by atoms with E-state index in [9.17, 15) is 9.90 Å². The molecule has 0 unspecified atom stereocenters. The Hall–Kier alpha value is -3.25. The summed E-state index contributed by atoms with van der Waals surface area (Å²) in [5.41, 5.74) is 4.20. The molecule has 3 aromatic carbocycles. The number of hydrazone groups is 1. The Labute approximate surface area is 153 Å². The van der Waals surface area contributed by atoms with E-state index in [1.165, 1.54) is 11.3 Å². The zero-order valence-electron chi connectivity index (χ0n) is 13.9. The van der Waals surface area contributed by atoms with E-state index in [0.717, 1.165) is 26.0 Å². The molecule has 0 atom stereocenters. The fraction of sp³-hybridized carbons (Fsp3) is 0.0500. The Balaban J connectivity index is 1.59. The highest BCUT2D eigenvalue weighted by atomic mass is 32.1. The molecular formula is C20H15N3O2S. The summed E-state index contributed by atoms with van der Waals surface area (Å²) in [5, 5.41) is 16.8. The van der Waals surface area contributed by atoms with Crippen molar-refractivity contribution in [2.24, 2.45) is 5.10 Å². The highest BCUT2D eigenvalue weighted by Crippen LogP contribution is 2.25. The number of carbonyl (C=O) groups is 1. The highest BCUT2D eigenvalue weighted by molar-refractivity contribution is 7.20. The van der Waals surface area contributed by atoms with Crippen molar-refractivity contribution in [1.29, 1.82) is 0 Å². The number of hydrogen-bond donors (Lipinski definition) is 2. The van der Waals surface area contributed by atoms with Crippen LogP contribution >= 0.6 is 11.3 Å². The van der Waals surface area contributed by atoms with Crippen molar-refractivity contribution in [2.45, 2.75) is 6.92 Å². The first kappa shape index (κ1) is 16.2. The maximum Gasteiger partial charge on any atom is 0.275 e. The van der Waals surface area contributed by atoms with E-state index in [2.05, 4.69) is 15.5 Å². The largest absolute Gasteiger partial charge is 0.507 e. The molecule has 128 valence electrons. The Bertz CT molecular complexity index is 1130. The number of aromatic hydroxyl groups is 1. The summed E-state index contributed by atoms with van der Waals surface area (Å²) in [6, 6.07) is 18.6. The van der Waals surface area contributed by atoms with E-state index in [0.29, 0.717) is 5.71 Å². The first-order chi connectivity index (χ1) is 12.6. The van der Waals surface area contributed by atoms with Crippen molar-refractivity contribution in [1.82, 2.24) is 10.4 Å². The van der Waals surface area contributed by atoms with Crippen molar-refractivity contribution < 1.29 is 9.90 Å². The van der Waals surface area contributed by atoms with E-state index in [-0.39, 0.29) is 11.3 Å². The number of para-hydroxylation sites is 1. The van der Waals surface area contributed by atoms with Gasteiger partial charge in [0.25, 0.3) is 5.91 Å². The zero-order valence-corrected chi connectivity index (χ0v) is 14.7. The van der Waals surface area contributed by atoms with E-state index < -0.39 is 5.91 Å². The fourth-order valence-corrected chi connectivity index (χ4v) is 3.59. The number of nitrogens with one attached hydrogen (secondary N) is 1. The van der Waals surface area contributed by atoms with Crippen LogP contribution in [0, 0.1) is 0 Å². The van der Waals surface area contributed by atoms with Gasteiger partial charge >= 0.3 is 0 Å². The minimum atomic E-state index is -0.464. The number of carbonyl (C=O) groups excluding carboxylic acids is 1. The summed E-state index contributed by atoms with van der Waals surface area (Å²) in [6.07, 6.45) is 0. The Morgan fingerprint density at radius 1 is 1.08 bits per heavy atom. The first-order valence-corrected chi connectivity index (χ1v) is 8.86. The van der Waals surface area contributed by atoms with Gasteiger partial charge in [-0.25, -0.2) is 10.4 Å². The van der Waals surface area contributed by atoms with Gasteiger partial charge in [0.05, 0.1) is 21.5 Å². The third-order valence-electron chi connectivity index (χ3n) is 4.04. The van der Waals surface area contributed by atoms with Crippen molar-refractivity contribution >= 4 is 43.9 Å². The summed E-state index contributed by atoms with van der Waals surface area (Å²) in [4.78, 5) is 16.9. The molecule has 5 nitrogen and oxygen atoms in total. The van der Waals surface area contributed by atoms with Gasteiger partial charge in [-0.3, -0.25) is 4.79 Å². The SMILES string of the molecule is C/C(=N\NC(=O)c1cc2ccccc2cc1O)c1nc2ccccc2s1. The molecule has 6 heteroatoms. The average Bonchev–Trinajstić information content (AvgIpc) is 3.09. The monoisotopic (exact) mass is 361 g/mol. The van der Waals surface area contributed by atoms with Crippen LogP contribution in [-0.2, 0) is 0 Å². The maximum atomic E-state index is 12.4. The lowest BCUT2D eigenvalue weighted by molar-refractivity contribution is 0.0952. The summed E-state index contributed by atoms with van der Waals surface area (Å²) in [6.45, 7) is 1.79. The van der Waals surface area contributed by atoms with E-state index in [1.54, 1.807) is 19.1 Å². The van der Waals surface area contributed by atoms with Gasteiger partial charge in [-0.15, -0.1) is 11.3 Å². The van der Waals surface area contributed by atoms with Gasteiger partial charge in [0.1, 0.15) is 10.8 Å². The average molecular weight is 361 g/mol. The lowest BCUT2D eigenvalue weighted by Crippen LogP contribution is -2.19. The van der Waals surface area contributed by atoms with Crippen LogP contribution in [0.4, 0.5) is 0 Å². The number of amides is 1. The second-order valence-electron chi connectivity index (χ2n) is 5.84. The molecule has 2 N–H and O–H groups in total. The van der Waals surface area contributed by atoms with Gasteiger partial charge in [-0.05, 0) is 42.0 Å². The minimum Gasteiger partial charge on any atom is -0.507 e. The summed E-state index contributed by atoms with van der Waals surface area (Å²) >= 11 is 1.52. The van der Waals surface area contributed by atoms with Gasteiger partial charge in [0, 0.05) is 0 Å². The highest BCUT2D eigenvalue weighted by Gasteiger charge is 2.13. The number of nitrogens with zero attached hydrogens (tertiary/aromatic N) is 2. The topological polar surface area (TPSA) is 74.6 Å². The maximum absolute atomic E-state index is 12.4. The Kier molecular flexibility index (Phi) is 4.10. The van der Waals surface area contributed by atoms with Crippen molar-refractivity contribution in [2.75, 3.05) is 0 Å². The zero-order chi connectivity index (χ0) is 18.1. The second-order valence-corrected chi connectivity index (χ2v) is 6.87. The van der Waals surface area contributed by atoms with Crippen molar-refractivity contribution in [3.63, 3.8) is 0 Å². The molecule has 26 heavy (non-hydrogen) atoms. The molecule has 0 aliphatic carbocycles. The molecule has 1 amide bonds. The molecule has 0 fully saturated rings. The van der Waals surface area contributed by atoms with Gasteiger partial charge in [0.2, 0.25) is 0 Å². The van der Waals surface area contributed by atoms with E-state index in [1.807, 2.05) is 48.5 Å². The molecule has 0 aliphatic rings. The van der Waals surface area contributed by atoms with Crippen LogP contribution in [0.1, 0.15) is 22.3 Å². The minimum absolute atomic E-state index is 0.0750. The molecular weight excluding hydrogens is 346 g/mol. The summed E-state index contributed by atoms with van der Waals surface area (Å²) in [5.74, 6) is -0.539. The normalized spacial score (nSPS) is 11.8. The number of aromatic nitrogens is 1. The number of thiazole rings is 1. The predicted octanol–water partition coefficient (Wildman–Crippen LogP) is 4.31. The van der Waals surface area contributed by atoms with Crippen molar-refractivity contribution in [3.8, 4) is 5.75 Å². The molecule has 0 saturated heterocycles. The van der Waals surface area contributed by atoms with Crippen LogP contribution in [-0.4, -0.2) is 21.7 Å². The predicted molar refractivity (Wildman–Crippen MR) is 105 cm³/mol. The lowest BCUT2D eigenvalue weighted by Gasteiger charge is -2.06. The number of rotatable bonds is 3. The number of phenols is 1. The molecule has 4 aromatic rings. The summed E-state index contributed by atoms with van der Waals surface area (Å²) < 4.78 is 1.07. The van der Waals surface area contributed by atoms with Gasteiger partial charge in [0.15, 0.2) is 0 Å². The standard InChI is InChI=1S/C20H15N3O2S/c1-12(20-21-16-8-4-5-9-18(16)26-20)22-23-19(25)15-10-13-6-2-3-7-14(13)11-17(15)24/h2-11,24H,1H3,(H,23,25)/b22-12+. The molecule has 0 radical (unpaired) electrons. The van der Waals surface area contributed by atoms with Crippen LogP contribution < -0.4 is 5.43 Å². The molecule has 0 saturated carbocycles. The van der Waals surface area contributed by atoms with Crippen LogP contribution in [0.15, 0.2) is 65.8 Å². The fourth-order valence-electron chi connectivity index (χ4n) is 2.68. The number of phenolic OH excluding ortho intramolecular Hbond substituents is 1. The number of fused-ring (bicyclic) bond motifs is 2. The number of benzene rings is 3. The molecule has 0 spiro atoms. The summed E-state index contributed by atoms with van der Waals surface area (Å²) in [7, 11) is 0. The molecule has 0 bridgehead atoms. The smallest absolute Gasteiger partial charge is 0.275 e. The second kappa shape index (κ2) is 6.57. The van der Waals surface area contributed by atoms with Gasteiger partial charge < -0.3 is 5.11 Å². The number of hydrogen-bond acceptors (Lipinski definition) is 5. The van der Waals surface area contributed by atoms with Crippen LogP contribution in [0.5, 0.6) is 5.75 Å². The molecule has 1 aromatic heterocycles. The third-order valence-corrected chi connectivity index (χ3v) is 5.18. The first-order valence-electron chi connectivity index (χ1n) is 8.04. The Morgan fingerprint density at radius 3 is 2.54 bits per heavy atom. The molecule has 4 rings (SSSR count). The van der Waals surface area contributed by atoms with E-state index in [4.69, 9.17) is 0 Å². The van der Waals surface area contributed by atoms with E-state index >= 15 is 0 Å². The Morgan fingerprint density at radius 2 is 1.77 bits per heavy atom.